The van der Waals surface area contributed by atoms with E-state index in [0.717, 1.165) is 63.7 Å². The summed E-state index contributed by atoms with van der Waals surface area (Å²) in [4.78, 5) is 33.6. The lowest BCUT2D eigenvalue weighted by atomic mass is 10.0. The fourth-order valence-electron chi connectivity index (χ4n) is 3.33. The number of carboxylic acid groups (broad SMARTS) is 1. The molecule has 1 aromatic carbocycles. The number of aromatic hydroxyl groups is 1. The van der Waals surface area contributed by atoms with E-state index in [9.17, 15) is 27.9 Å². The molecule has 0 bridgehead atoms. The number of unbranched alkanes of at least 4 members (excludes halogenated alkanes) is 5. The summed E-state index contributed by atoms with van der Waals surface area (Å²) in [6, 6.07) is 6.12. The molecular formula is C26H43F3N4O5. The Bertz CT molecular complexity index is 792. The third kappa shape index (κ3) is 19.3. The molecule has 9 nitrogen and oxygen atoms in total. The SMILES string of the molecule is CCCC(=O)N[C@@H](Cc1ccc(O)cc1)C(=O)NCCCCCCCNCCCCN.O=C(O)C(F)(F)F. The van der Waals surface area contributed by atoms with Gasteiger partial charge in [-0.25, -0.2) is 4.79 Å². The highest BCUT2D eigenvalue weighted by Crippen LogP contribution is 2.13. The molecule has 2 amide bonds. The quantitative estimate of drug-likeness (QED) is 0.154. The predicted molar refractivity (Wildman–Crippen MR) is 140 cm³/mol. The minimum Gasteiger partial charge on any atom is -0.508 e. The second kappa shape index (κ2) is 21.1. The van der Waals surface area contributed by atoms with Gasteiger partial charge in [-0.3, -0.25) is 9.59 Å². The van der Waals surface area contributed by atoms with Gasteiger partial charge in [0.15, 0.2) is 0 Å². The lowest BCUT2D eigenvalue weighted by Crippen LogP contribution is -2.48. The number of carboxylic acids is 1. The maximum atomic E-state index is 12.6. The summed E-state index contributed by atoms with van der Waals surface area (Å²) in [6.45, 7) is 5.42. The van der Waals surface area contributed by atoms with Crippen molar-refractivity contribution in [2.45, 2.75) is 83.4 Å². The third-order valence-electron chi connectivity index (χ3n) is 5.38. The molecule has 0 heterocycles. The van der Waals surface area contributed by atoms with Crippen LogP contribution in [-0.2, 0) is 20.8 Å². The maximum absolute atomic E-state index is 12.6. The molecule has 218 valence electrons. The first-order chi connectivity index (χ1) is 18.0. The van der Waals surface area contributed by atoms with E-state index in [1.165, 1.54) is 12.8 Å². The van der Waals surface area contributed by atoms with Crippen LogP contribution >= 0.6 is 0 Å². The normalized spacial score (nSPS) is 11.7. The van der Waals surface area contributed by atoms with Crippen LogP contribution < -0.4 is 21.7 Å². The van der Waals surface area contributed by atoms with Crippen molar-refractivity contribution in [2.24, 2.45) is 5.73 Å². The van der Waals surface area contributed by atoms with Gasteiger partial charge in [-0.2, -0.15) is 13.2 Å². The minimum atomic E-state index is -5.08. The zero-order valence-electron chi connectivity index (χ0n) is 22.1. The Kier molecular flexibility index (Phi) is 19.5. The zero-order valence-corrected chi connectivity index (χ0v) is 22.1. The first-order valence-electron chi connectivity index (χ1n) is 13.1. The van der Waals surface area contributed by atoms with E-state index in [1.807, 2.05) is 6.92 Å². The van der Waals surface area contributed by atoms with Crippen LogP contribution in [0.2, 0.25) is 0 Å². The van der Waals surface area contributed by atoms with Gasteiger partial charge < -0.3 is 31.9 Å². The van der Waals surface area contributed by atoms with Crippen molar-refractivity contribution in [2.75, 3.05) is 26.2 Å². The van der Waals surface area contributed by atoms with Gasteiger partial charge in [0.05, 0.1) is 0 Å². The first kappa shape index (κ1) is 35.1. The van der Waals surface area contributed by atoms with Crippen LogP contribution in [0.15, 0.2) is 24.3 Å². The van der Waals surface area contributed by atoms with Crippen molar-refractivity contribution in [3.63, 3.8) is 0 Å². The largest absolute Gasteiger partial charge is 0.508 e. The molecule has 1 atom stereocenters. The van der Waals surface area contributed by atoms with Gasteiger partial charge in [0.25, 0.3) is 0 Å². The van der Waals surface area contributed by atoms with E-state index < -0.39 is 18.2 Å². The summed E-state index contributed by atoms with van der Waals surface area (Å²) in [5, 5.41) is 25.8. The molecule has 0 saturated heterocycles. The molecular weight excluding hydrogens is 505 g/mol. The molecule has 0 aliphatic carbocycles. The van der Waals surface area contributed by atoms with Crippen LogP contribution in [0.1, 0.15) is 70.3 Å². The average molecular weight is 549 g/mol. The molecule has 38 heavy (non-hydrogen) atoms. The Labute approximate surface area is 222 Å². The number of nitrogens with two attached hydrogens (primary N) is 1. The second-order valence-electron chi connectivity index (χ2n) is 8.85. The van der Waals surface area contributed by atoms with Crippen molar-refractivity contribution in [3.8, 4) is 5.75 Å². The highest BCUT2D eigenvalue weighted by Gasteiger charge is 2.38. The number of phenols is 1. The molecule has 0 aliphatic heterocycles. The van der Waals surface area contributed by atoms with E-state index in [1.54, 1.807) is 24.3 Å². The first-order valence-corrected chi connectivity index (χ1v) is 13.1. The topological polar surface area (TPSA) is 154 Å². The Morgan fingerprint density at radius 3 is 1.97 bits per heavy atom. The van der Waals surface area contributed by atoms with E-state index in [4.69, 9.17) is 15.6 Å². The summed E-state index contributed by atoms with van der Waals surface area (Å²) in [7, 11) is 0. The standard InChI is InChI=1S/C24H42N4O3.C2HF3O2/c1-2-10-23(30)28-22(19-20-11-13-21(29)14-12-20)24(31)27-18-8-5-3-4-7-16-26-17-9-6-15-25;3-2(4,5)1(6)7/h11-14,22,26,29H,2-10,15-19,25H2,1H3,(H,27,31)(H,28,30);(H,6,7)/t22-;/m0./s1. The summed E-state index contributed by atoms with van der Waals surface area (Å²) >= 11 is 0. The van der Waals surface area contributed by atoms with E-state index >= 15 is 0 Å². The monoisotopic (exact) mass is 548 g/mol. The summed E-state index contributed by atoms with van der Waals surface area (Å²) in [5.41, 5.74) is 6.37. The van der Waals surface area contributed by atoms with Crippen molar-refractivity contribution in [1.82, 2.24) is 16.0 Å². The second-order valence-corrected chi connectivity index (χ2v) is 8.85. The third-order valence-corrected chi connectivity index (χ3v) is 5.38. The smallest absolute Gasteiger partial charge is 0.490 e. The Hall–Kier alpha value is -2.86. The average Bonchev–Trinajstić information content (AvgIpc) is 2.85. The number of benzene rings is 1. The molecule has 0 fully saturated rings. The molecule has 7 N–H and O–H groups in total. The molecule has 0 aromatic heterocycles. The highest BCUT2D eigenvalue weighted by atomic mass is 19.4. The number of phenolic OH excluding ortho intramolecular Hbond substituents is 1. The van der Waals surface area contributed by atoms with E-state index in [2.05, 4.69) is 16.0 Å². The van der Waals surface area contributed by atoms with Crippen molar-refractivity contribution in [1.29, 1.82) is 0 Å². The number of aliphatic carboxylic acids is 1. The molecule has 1 aromatic rings. The number of hydrogen-bond acceptors (Lipinski definition) is 6. The fourth-order valence-corrected chi connectivity index (χ4v) is 3.33. The molecule has 0 radical (unpaired) electrons. The maximum Gasteiger partial charge on any atom is 0.490 e. The van der Waals surface area contributed by atoms with Gasteiger partial charge in [0.1, 0.15) is 11.8 Å². The van der Waals surface area contributed by atoms with Crippen LogP contribution in [-0.4, -0.2) is 66.4 Å². The molecule has 1 rings (SSSR count). The molecule has 0 spiro atoms. The Morgan fingerprint density at radius 1 is 0.921 bits per heavy atom. The van der Waals surface area contributed by atoms with Crippen molar-refractivity contribution in [3.05, 3.63) is 29.8 Å². The van der Waals surface area contributed by atoms with Crippen molar-refractivity contribution < 1.29 is 37.8 Å². The fraction of sp³-hybridized carbons (Fsp3) is 0.654. The zero-order chi connectivity index (χ0) is 28.8. The van der Waals surface area contributed by atoms with Gasteiger partial charge in [0.2, 0.25) is 11.8 Å². The number of alkyl halides is 3. The van der Waals surface area contributed by atoms with Gasteiger partial charge in [-0.05, 0) is 69.4 Å². The summed E-state index contributed by atoms with van der Waals surface area (Å²) in [6.07, 6.45) is 4.22. The van der Waals surface area contributed by atoms with Gasteiger partial charge in [-0.15, -0.1) is 0 Å². The van der Waals surface area contributed by atoms with Crippen LogP contribution in [0.5, 0.6) is 5.75 Å². The molecule has 0 unspecified atom stereocenters. The van der Waals surface area contributed by atoms with Crippen LogP contribution in [0.25, 0.3) is 0 Å². The van der Waals surface area contributed by atoms with Gasteiger partial charge >= 0.3 is 12.1 Å². The lowest BCUT2D eigenvalue weighted by Gasteiger charge is -2.19. The highest BCUT2D eigenvalue weighted by molar-refractivity contribution is 5.87. The number of carbonyl (C=O) groups is 3. The van der Waals surface area contributed by atoms with E-state index in [-0.39, 0.29) is 17.6 Å². The molecule has 0 saturated carbocycles. The number of amides is 2. The van der Waals surface area contributed by atoms with Crippen LogP contribution in [0.4, 0.5) is 13.2 Å². The van der Waals surface area contributed by atoms with Crippen LogP contribution in [0.3, 0.4) is 0 Å². The van der Waals surface area contributed by atoms with Crippen LogP contribution in [0, 0.1) is 0 Å². The molecule has 0 aliphatic rings. The van der Waals surface area contributed by atoms with Crippen molar-refractivity contribution >= 4 is 17.8 Å². The number of rotatable bonds is 18. The summed E-state index contributed by atoms with van der Waals surface area (Å²) in [5.74, 6) is -2.84. The number of halogens is 3. The number of hydrogen-bond donors (Lipinski definition) is 6. The minimum absolute atomic E-state index is 0.113. The number of carbonyl (C=O) groups excluding carboxylic acids is 2. The summed E-state index contributed by atoms with van der Waals surface area (Å²) < 4.78 is 31.7. The Morgan fingerprint density at radius 2 is 1.45 bits per heavy atom. The van der Waals surface area contributed by atoms with Gasteiger partial charge in [0, 0.05) is 19.4 Å². The number of nitrogens with one attached hydrogen (secondary N) is 3. The molecule has 12 heteroatoms. The van der Waals surface area contributed by atoms with E-state index in [0.29, 0.717) is 19.4 Å². The lowest BCUT2D eigenvalue weighted by molar-refractivity contribution is -0.192. The Balaban J connectivity index is 0.00000171. The van der Waals surface area contributed by atoms with Gasteiger partial charge in [-0.1, -0.05) is 38.3 Å². The predicted octanol–water partition coefficient (Wildman–Crippen LogP) is 3.25.